The van der Waals surface area contributed by atoms with E-state index in [4.69, 9.17) is 4.42 Å². The van der Waals surface area contributed by atoms with E-state index in [2.05, 4.69) is 10.3 Å². The Morgan fingerprint density at radius 1 is 1.53 bits per heavy atom. The van der Waals surface area contributed by atoms with Crippen molar-refractivity contribution in [1.29, 1.82) is 0 Å². The Hall–Kier alpha value is -1.84. The summed E-state index contributed by atoms with van der Waals surface area (Å²) in [4.78, 5) is 16.0. The number of nitrogens with zero attached hydrogens (tertiary/aromatic N) is 1. The topological polar surface area (TPSA) is 55.1 Å². The molecule has 1 heterocycles. The first kappa shape index (κ1) is 11.6. The first-order valence-corrected chi connectivity index (χ1v) is 5.78. The lowest BCUT2D eigenvalue weighted by molar-refractivity contribution is -0.119. The zero-order chi connectivity index (χ0) is 12.4. The van der Waals surface area contributed by atoms with Gasteiger partial charge in [-0.25, -0.2) is 4.98 Å². The summed E-state index contributed by atoms with van der Waals surface area (Å²) < 4.78 is 5.37. The molecule has 0 radical (unpaired) electrons. The largest absolute Gasteiger partial charge is 0.441 e. The number of carbonyl (C=O) groups excluding carboxylic acids is 1. The van der Waals surface area contributed by atoms with Gasteiger partial charge in [-0.15, -0.1) is 0 Å². The fourth-order valence-electron chi connectivity index (χ4n) is 1.57. The SMILES string of the molecule is CCC(C)C(=O)Nc1ccc2oc(C)nc2c1. The molecule has 2 rings (SSSR count). The molecular weight excluding hydrogens is 216 g/mol. The van der Waals surface area contributed by atoms with Gasteiger partial charge in [-0.05, 0) is 24.6 Å². The Kier molecular flexibility index (Phi) is 3.13. The molecule has 0 saturated carbocycles. The van der Waals surface area contributed by atoms with E-state index in [-0.39, 0.29) is 11.8 Å². The van der Waals surface area contributed by atoms with Gasteiger partial charge in [-0.2, -0.15) is 0 Å². The molecule has 1 amide bonds. The molecule has 4 heteroatoms. The van der Waals surface area contributed by atoms with Crippen molar-refractivity contribution in [2.75, 3.05) is 5.32 Å². The zero-order valence-electron chi connectivity index (χ0n) is 10.3. The fraction of sp³-hybridized carbons (Fsp3) is 0.385. The number of nitrogens with one attached hydrogen (secondary N) is 1. The van der Waals surface area contributed by atoms with Crippen LogP contribution in [-0.4, -0.2) is 10.9 Å². The predicted octanol–water partition coefficient (Wildman–Crippen LogP) is 3.12. The molecule has 0 bridgehead atoms. The molecule has 0 aliphatic carbocycles. The summed E-state index contributed by atoms with van der Waals surface area (Å²) in [6.07, 6.45) is 0.831. The Labute approximate surface area is 100 Å². The number of hydrogen-bond donors (Lipinski definition) is 1. The summed E-state index contributed by atoms with van der Waals surface area (Å²) in [6, 6.07) is 5.47. The molecule has 2 aromatic rings. The van der Waals surface area contributed by atoms with Crippen LogP contribution in [0.4, 0.5) is 5.69 Å². The molecule has 0 aliphatic rings. The van der Waals surface area contributed by atoms with Gasteiger partial charge in [0.1, 0.15) is 5.52 Å². The van der Waals surface area contributed by atoms with Crippen molar-refractivity contribution in [1.82, 2.24) is 4.98 Å². The van der Waals surface area contributed by atoms with Gasteiger partial charge in [-0.3, -0.25) is 4.79 Å². The van der Waals surface area contributed by atoms with Crippen LogP contribution in [0.1, 0.15) is 26.2 Å². The number of benzene rings is 1. The van der Waals surface area contributed by atoms with Crippen LogP contribution in [0.15, 0.2) is 22.6 Å². The number of carbonyl (C=O) groups is 1. The van der Waals surface area contributed by atoms with E-state index in [1.54, 1.807) is 6.92 Å². The van der Waals surface area contributed by atoms with Crippen molar-refractivity contribution in [3.05, 3.63) is 24.1 Å². The number of hydrogen-bond acceptors (Lipinski definition) is 3. The summed E-state index contributed by atoms with van der Waals surface area (Å²) in [5.74, 6) is 0.683. The van der Waals surface area contributed by atoms with Crippen molar-refractivity contribution < 1.29 is 9.21 Å². The lowest BCUT2D eigenvalue weighted by Gasteiger charge is -2.09. The van der Waals surface area contributed by atoms with Crippen molar-refractivity contribution in [2.45, 2.75) is 27.2 Å². The Morgan fingerprint density at radius 2 is 2.29 bits per heavy atom. The maximum atomic E-state index is 11.7. The third kappa shape index (κ3) is 2.46. The van der Waals surface area contributed by atoms with Crippen molar-refractivity contribution >= 4 is 22.7 Å². The van der Waals surface area contributed by atoms with Crippen LogP contribution in [0.5, 0.6) is 0 Å². The van der Waals surface area contributed by atoms with E-state index in [0.717, 1.165) is 23.2 Å². The Bertz CT molecular complexity index is 545. The quantitative estimate of drug-likeness (QED) is 0.884. The average Bonchev–Trinajstić information content (AvgIpc) is 2.67. The number of amides is 1. The third-order valence-corrected chi connectivity index (χ3v) is 2.82. The summed E-state index contributed by atoms with van der Waals surface area (Å²) in [5.41, 5.74) is 2.27. The normalized spacial score (nSPS) is 12.6. The molecule has 1 unspecified atom stereocenters. The second kappa shape index (κ2) is 4.57. The summed E-state index contributed by atoms with van der Waals surface area (Å²) in [5, 5.41) is 2.87. The van der Waals surface area contributed by atoms with Crippen molar-refractivity contribution in [3.63, 3.8) is 0 Å². The summed E-state index contributed by atoms with van der Waals surface area (Å²) in [6.45, 7) is 5.71. The number of anilines is 1. The van der Waals surface area contributed by atoms with Crippen LogP contribution in [0.3, 0.4) is 0 Å². The molecule has 0 spiro atoms. The summed E-state index contributed by atoms with van der Waals surface area (Å²) in [7, 11) is 0. The Balaban J connectivity index is 2.22. The maximum Gasteiger partial charge on any atom is 0.227 e. The highest BCUT2D eigenvalue weighted by Gasteiger charge is 2.11. The number of fused-ring (bicyclic) bond motifs is 1. The standard InChI is InChI=1S/C13H16N2O2/c1-4-8(2)13(16)15-10-5-6-12-11(7-10)14-9(3)17-12/h5-8H,4H2,1-3H3,(H,15,16). The molecule has 0 aliphatic heterocycles. The lowest BCUT2D eigenvalue weighted by Crippen LogP contribution is -2.19. The first-order valence-electron chi connectivity index (χ1n) is 5.78. The van der Waals surface area contributed by atoms with Crippen LogP contribution >= 0.6 is 0 Å². The van der Waals surface area contributed by atoms with Gasteiger partial charge in [0.25, 0.3) is 0 Å². The fourth-order valence-corrected chi connectivity index (χ4v) is 1.57. The second-order valence-electron chi connectivity index (χ2n) is 4.21. The molecule has 1 N–H and O–H groups in total. The van der Waals surface area contributed by atoms with Gasteiger partial charge < -0.3 is 9.73 Å². The van der Waals surface area contributed by atoms with Gasteiger partial charge in [0.2, 0.25) is 5.91 Å². The average molecular weight is 232 g/mol. The van der Waals surface area contributed by atoms with E-state index in [1.807, 2.05) is 32.0 Å². The number of rotatable bonds is 3. The van der Waals surface area contributed by atoms with E-state index in [1.165, 1.54) is 0 Å². The van der Waals surface area contributed by atoms with Gasteiger partial charge >= 0.3 is 0 Å². The van der Waals surface area contributed by atoms with Crippen molar-refractivity contribution in [3.8, 4) is 0 Å². The predicted molar refractivity (Wildman–Crippen MR) is 66.8 cm³/mol. The highest BCUT2D eigenvalue weighted by Crippen LogP contribution is 2.20. The Morgan fingerprint density at radius 3 is 3.00 bits per heavy atom. The molecule has 4 nitrogen and oxygen atoms in total. The molecule has 90 valence electrons. The van der Waals surface area contributed by atoms with Crippen LogP contribution in [0.2, 0.25) is 0 Å². The second-order valence-corrected chi connectivity index (χ2v) is 4.21. The van der Waals surface area contributed by atoms with E-state index in [9.17, 15) is 4.79 Å². The molecule has 1 aromatic heterocycles. The van der Waals surface area contributed by atoms with E-state index < -0.39 is 0 Å². The minimum Gasteiger partial charge on any atom is -0.441 e. The first-order chi connectivity index (χ1) is 8.10. The van der Waals surface area contributed by atoms with Crippen molar-refractivity contribution in [2.24, 2.45) is 5.92 Å². The minimum atomic E-state index is 0.0183. The van der Waals surface area contributed by atoms with Gasteiger partial charge in [0.15, 0.2) is 11.5 Å². The van der Waals surface area contributed by atoms with Crippen LogP contribution in [0.25, 0.3) is 11.1 Å². The van der Waals surface area contributed by atoms with E-state index in [0.29, 0.717) is 5.89 Å². The molecule has 0 fully saturated rings. The smallest absolute Gasteiger partial charge is 0.227 e. The van der Waals surface area contributed by atoms with Crippen LogP contribution in [-0.2, 0) is 4.79 Å². The zero-order valence-corrected chi connectivity index (χ0v) is 10.3. The van der Waals surface area contributed by atoms with Gasteiger partial charge in [0, 0.05) is 18.5 Å². The van der Waals surface area contributed by atoms with Crippen LogP contribution in [0, 0.1) is 12.8 Å². The molecule has 17 heavy (non-hydrogen) atoms. The van der Waals surface area contributed by atoms with Gasteiger partial charge in [0.05, 0.1) is 0 Å². The molecular formula is C13H16N2O2. The molecule has 1 atom stereocenters. The number of aromatic nitrogens is 1. The van der Waals surface area contributed by atoms with E-state index >= 15 is 0 Å². The minimum absolute atomic E-state index is 0.0183. The van der Waals surface area contributed by atoms with Gasteiger partial charge in [-0.1, -0.05) is 13.8 Å². The third-order valence-electron chi connectivity index (χ3n) is 2.82. The summed E-state index contributed by atoms with van der Waals surface area (Å²) >= 11 is 0. The van der Waals surface area contributed by atoms with Crippen LogP contribution < -0.4 is 5.32 Å². The number of aryl methyl sites for hydroxylation is 1. The lowest BCUT2D eigenvalue weighted by atomic mass is 10.1. The molecule has 1 aromatic carbocycles. The highest BCUT2D eigenvalue weighted by atomic mass is 16.3. The highest BCUT2D eigenvalue weighted by molar-refractivity contribution is 5.94. The molecule has 0 saturated heterocycles. The number of oxazole rings is 1. The monoisotopic (exact) mass is 232 g/mol. The maximum absolute atomic E-state index is 11.7.